The number of rotatable bonds is 6. The Kier molecular flexibility index (Phi) is 5.19. The summed E-state index contributed by atoms with van der Waals surface area (Å²) in [7, 11) is 1.70. The minimum absolute atomic E-state index is 0.421. The first-order valence-corrected chi connectivity index (χ1v) is 6.47. The molecule has 0 N–H and O–H groups in total. The molecule has 19 heavy (non-hydrogen) atoms. The number of ether oxygens (including phenoxy) is 2. The lowest BCUT2D eigenvalue weighted by Gasteiger charge is -2.08. The topological polar surface area (TPSA) is 31.4 Å². The second-order valence-corrected chi connectivity index (χ2v) is 4.49. The molecule has 0 radical (unpaired) electrons. The molecule has 4 heteroatoms. The van der Waals surface area contributed by atoms with E-state index in [0.717, 1.165) is 24.3 Å². The number of methoxy groups -OCH3 is 1. The van der Waals surface area contributed by atoms with Crippen LogP contribution in [0.1, 0.15) is 11.1 Å². The molecule has 0 atom stereocenters. The Hall–Kier alpha value is -1.58. The number of hydrogen-bond donors (Lipinski definition) is 0. The lowest BCUT2D eigenvalue weighted by molar-refractivity contribution is 0.202. The van der Waals surface area contributed by atoms with Gasteiger partial charge in [-0.1, -0.05) is 29.8 Å². The molecule has 1 aromatic heterocycles. The van der Waals surface area contributed by atoms with Crippen molar-refractivity contribution in [3.63, 3.8) is 0 Å². The fraction of sp³-hybridized carbons (Fsp3) is 0.267. The van der Waals surface area contributed by atoms with E-state index in [2.05, 4.69) is 4.98 Å². The summed E-state index contributed by atoms with van der Waals surface area (Å²) in [6.07, 6.45) is 2.57. The fourth-order valence-electron chi connectivity index (χ4n) is 1.66. The number of halogens is 1. The zero-order chi connectivity index (χ0) is 13.5. The van der Waals surface area contributed by atoms with Crippen LogP contribution in [0.25, 0.3) is 0 Å². The third-order valence-electron chi connectivity index (χ3n) is 2.75. The van der Waals surface area contributed by atoms with E-state index in [1.165, 1.54) is 5.56 Å². The van der Waals surface area contributed by atoms with Crippen LogP contribution in [0.4, 0.5) is 0 Å². The van der Waals surface area contributed by atoms with Crippen molar-refractivity contribution in [1.82, 2.24) is 4.98 Å². The highest BCUT2D eigenvalue weighted by molar-refractivity contribution is 6.30. The summed E-state index contributed by atoms with van der Waals surface area (Å²) in [5.74, 6) is 0.820. The molecule has 0 aliphatic rings. The first kappa shape index (κ1) is 13.8. The first-order chi connectivity index (χ1) is 9.29. The summed E-state index contributed by atoms with van der Waals surface area (Å²) < 4.78 is 10.7. The molecular formula is C15H16ClNO2. The smallest absolute Gasteiger partial charge is 0.135 e. The molecule has 0 unspecified atom stereocenters. The van der Waals surface area contributed by atoms with Gasteiger partial charge in [-0.3, -0.25) is 0 Å². The van der Waals surface area contributed by atoms with Crippen molar-refractivity contribution in [3.05, 3.63) is 58.9 Å². The van der Waals surface area contributed by atoms with Gasteiger partial charge in [0, 0.05) is 18.9 Å². The van der Waals surface area contributed by atoms with Gasteiger partial charge in [0.05, 0.1) is 6.61 Å². The molecule has 0 fully saturated rings. The van der Waals surface area contributed by atoms with Crippen LogP contribution < -0.4 is 4.74 Å². The van der Waals surface area contributed by atoms with Crippen LogP contribution in [0.5, 0.6) is 5.75 Å². The molecule has 0 spiro atoms. The van der Waals surface area contributed by atoms with E-state index in [-0.39, 0.29) is 0 Å². The SMILES string of the molecule is COCCc1ccc(OCc2cccnc2Cl)cc1. The quantitative estimate of drug-likeness (QED) is 0.757. The molecule has 3 nitrogen and oxygen atoms in total. The van der Waals surface area contributed by atoms with Gasteiger partial charge in [0.25, 0.3) is 0 Å². The minimum atomic E-state index is 0.421. The summed E-state index contributed by atoms with van der Waals surface area (Å²) >= 11 is 5.97. The highest BCUT2D eigenvalue weighted by Crippen LogP contribution is 2.17. The Morgan fingerprint density at radius 3 is 2.63 bits per heavy atom. The molecule has 100 valence electrons. The van der Waals surface area contributed by atoms with Crippen molar-refractivity contribution < 1.29 is 9.47 Å². The average molecular weight is 278 g/mol. The van der Waals surface area contributed by atoms with Crippen LogP contribution in [0.3, 0.4) is 0 Å². The molecule has 0 bridgehead atoms. The Balaban J connectivity index is 1.91. The molecule has 0 saturated heterocycles. The zero-order valence-electron chi connectivity index (χ0n) is 10.8. The standard InChI is InChI=1S/C15H16ClNO2/c1-18-10-8-12-4-6-14(7-5-12)19-11-13-3-2-9-17-15(13)16/h2-7,9H,8,10-11H2,1H3. The Bertz CT molecular complexity index is 514. The average Bonchev–Trinajstić information content (AvgIpc) is 2.45. The van der Waals surface area contributed by atoms with Crippen molar-refractivity contribution >= 4 is 11.6 Å². The number of nitrogens with zero attached hydrogens (tertiary/aromatic N) is 1. The molecule has 0 aliphatic heterocycles. The molecule has 1 heterocycles. The van der Waals surface area contributed by atoms with Gasteiger partial charge >= 0.3 is 0 Å². The Morgan fingerprint density at radius 2 is 1.95 bits per heavy atom. The summed E-state index contributed by atoms with van der Waals surface area (Å²) in [6.45, 7) is 1.15. The highest BCUT2D eigenvalue weighted by atomic mass is 35.5. The van der Waals surface area contributed by atoms with Crippen LogP contribution in [0.2, 0.25) is 5.15 Å². The summed E-state index contributed by atoms with van der Waals surface area (Å²) in [5.41, 5.74) is 2.11. The fourth-order valence-corrected chi connectivity index (χ4v) is 1.83. The number of benzene rings is 1. The van der Waals surface area contributed by atoms with Crippen LogP contribution in [0.15, 0.2) is 42.6 Å². The van der Waals surface area contributed by atoms with Crippen LogP contribution in [-0.2, 0) is 17.8 Å². The number of hydrogen-bond acceptors (Lipinski definition) is 3. The van der Waals surface area contributed by atoms with E-state index in [9.17, 15) is 0 Å². The van der Waals surface area contributed by atoms with E-state index in [1.54, 1.807) is 13.3 Å². The summed E-state index contributed by atoms with van der Waals surface area (Å²) in [6, 6.07) is 11.7. The predicted molar refractivity (Wildman–Crippen MR) is 75.6 cm³/mol. The van der Waals surface area contributed by atoms with Crippen LogP contribution >= 0.6 is 11.6 Å². The van der Waals surface area contributed by atoms with Crippen LogP contribution in [-0.4, -0.2) is 18.7 Å². The summed E-state index contributed by atoms with van der Waals surface area (Å²) in [4.78, 5) is 4.01. The largest absolute Gasteiger partial charge is 0.489 e. The maximum atomic E-state index is 5.97. The molecule has 2 aromatic rings. The monoisotopic (exact) mass is 277 g/mol. The molecule has 1 aromatic carbocycles. The predicted octanol–water partition coefficient (Wildman–Crippen LogP) is 3.50. The van der Waals surface area contributed by atoms with E-state index in [4.69, 9.17) is 21.1 Å². The van der Waals surface area contributed by atoms with Crippen LogP contribution in [0, 0.1) is 0 Å². The van der Waals surface area contributed by atoms with Crippen molar-refractivity contribution in [3.8, 4) is 5.75 Å². The third-order valence-corrected chi connectivity index (χ3v) is 3.09. The van der Waals surface area contributed by atoms with Crippen molar-refractivity contribution in [2.75, 3.05) is 13.7 Å². The summed E-state index contributed by atoms with van der Waals surface area (Å²) in [5, 5.41) is 0.485. The maximum Gasteiger partial charge on any atom is 0.135 e. The zero-order valence-corrected chi connectivity index (χ0v) is 11.6. The van der Waals surface area contributed by atoms with E-state index >= 15 is 0 Å². The molecular weight excluding hydrogens is 262 g/mol. The second-order valence-electron chi connectivity index (χ2n) is 4.13. The molecule has 0 amide bonds. The van der Waals surface area contributed by atoms with Gasteiger partial charge in [0.2, 0.25) is 0 Å². The second kappa shape index (κ2) is 7.12. The van der Waals surface area contributed by atoms with Gasteiger partial charge in [-0.2, -0.15) is 0 Å². The normalized spacial score (nSPS) is 10.4. The van der Waals surface area contributed by atoms with Gasteiger partial charge in [-0.05, 0) is 30.2 Å². The molecule has 2 rings (SSSR count). The minimum Gasteiger partial charge on any atom is -0.489 e. The Labute approximate surface area is 118 Å². The molecule has 0 saturated carbocycles. The van der Waals surface area contributed by atoms with E-state index in [0.29, 0.717) is 11.8 Å². The first-order valence-electron chi connectivity index (χ1n) is 6.09. The van der Waals surface area contributed by atoms with Crippen molar-refractivity contribution in [2.24, 2.45) is 0 Å². The van der Waals surface area contributed by atoms with Gasteiger partial charge in [-0.15, -0.1) is 0 Å². The van der Waals surface area contributed by atoms with E-state index in [1.807, 2.05) is 36.4 Å². The van der Waals surface area contributed by atoms with Gasteiger partial charge in [-0.25, -0.2) is 4.98 Å². The maximum absolute atomic E-state index is 5.97. The van der Waals surface area contributed by atoms with Gasteiger partial charge < -0.3 is 9.47 Å². The third kappa shape index (κ3) is 4.23. The number of pyridine rings is 1. The van der Waals surface area contributed by atoms with Crippen molar-refractivity contribution in [2.45, 2.75) is 13.0 Å². The molecule has 0 aliphatic carbocycles. The lowest BCUT2D eigenvalue weighted by atomic mass is 10.1. The highest BCUT2D eigenvalue weighted by Gasteiger charge is 2.01. The number of aromatic nitrogens is 1. The van der Waals surface area contributed by atoms with Gasteiger partial charge in [0.15, 0.2) is 0 Å². The Morgan fingerprint density at radius 1 is 1.16 bits per heavy atom. The van der Waals surface area contributed by atoms with Gasteiger partial charge in [0.1, 0.15) is 17.5 Å². The van der Waals surface area contributed by atoms with Crippen molar-refractivity contribution in [1.29, 1.82) is 0 Å². The van der Waals surface area contributed by atoms with E-state index < -0.39 is 0 Å². The lowest BCUT2D eigenvalue weighted by Crippen LogP contribution is -1.98.